The Morgan fingerprint density at radius 1 is 1.19 bits per heavy atom. The molecule has 0 N–H and O–H groups in total. The molecule has 0 spiro atoms. The standard InChI is InChI=1S/C14H22BN3O3/c1-13(2)14(3,4)21-15(20-13)11-9-16-18(10-11)12(19)17-7-5-6-8-17/h9-10H,5-8H2,1-4H3. The molecule has 2 fully saturated rings. The van der Waals surface area contributed by atoms with Crippen molar-refractivity contribution < 1.29 is 14.1 Å². The van der Waals surface area contributed by atoms with Crippen LogP contribution in [0.2, 0.25) is 0 Å². The number of hydrogen-bond acceptors (Lipinski definition) is 4. The minimum Gasteiger partial charge on any atom is -0.399 e. The summed E-state index contributed by atoms with van der Waals surface area (Å²) in [5.41, 5.74) is -0.00142. The lowest BCUT2D eigenvalue weighted by atomic mass is 9.82. The first-order valence-electron chi connectivity index (χ1n) is 7.50. The van der Waals surface area contributed by atoms with Gasteiger partial charge in [0, 0.05) is 30.9 Å². The van der Waals surface area contributed by atoms with Gasteiger partial charge in [-0.3, -0.25) is 0 Å². The van der Waals surface area contributed by atoms with Crippen molar-refractivity contribution in [3.8, 4) is 0 Å². The molecule has 0 aliphatic carbocycles. The third kappa shape index (κ3) is 2.49. The molecule has 0 saturated carbocycles. The van der Waals surface area contributed by atoms with Crippen LogP contribution in [-0.2, 0) is 9.31 Å². The van der Waals surface area contributed by atoms with Crippen LogP contribution < -0.4 is 5.46 Å². The molecule has 3 heterocycles. The first kappa shape index (κ1) is 14.6. The summed E-state index contributed by atoms with van der Waals surface area (Å²) in [4.78, 5) is 14.1. The second-order valence-electron chi connectivity index (χ2n) is 6.78. The molecular formula is C14H22BN3O3. The lowest BCUT2D eigenvalue weighted by Gasteiger charge is -2.32. The van der Waals surface area contributed by atoms with Crippen molar-refractivity contribution in [3.63, 3.8) is 0 Å². The van der Waals surface area contributed by atoms with Crippen molar-refractivity contribution in [2.45, 2.75) is 51.7 Å². The Labute approximate surface area is 125 Å². The van der Waals surface area contributed by atoms with Gasteiger partial charge in [-0.15, -0.1) is 0 Å². The number of hydrogen-bond donors (Lipinski definition) is 0. The highest BCUT2D eigenvalue weighted by molar-refractivity contribution is 6.62. The zero-order valence-corrected chi connectivity index (χ0v) is 13.1. The Morgan fingerprint density at radius 3 is 2.33 bits per heavy atom. The Kier molecular flexibility index (Phi) is 3.37. The number of amides is 1. The molecule has 2 aliphatic heterocycles. The maximum atomic E-state index is 12.3. The summed E-state index contributed by atoms with van der Waals surface area (Å²) >= 11 is 0. The summed E-state index contributed by atoms with van der Waals surface area (Å²) in [6.07, 6.45) is 5.49. The largest absolute Gasteiger partial charge is 0.498 e. The predicted octanol–water partition coefficient (Wildman–Crippen LogP) is 1.25. The second-order valence-corrected chi connectivity index (χ2v) is 6.78. The zero-order valence-electron chi connectivity index (χ0n) is 13.1. The fourth-order valence-corrected chi connectivity index (χ4v) is 2.60. The third-order valence-electron chi connectivity index (χ3n) is 4.70. The van der Waals surface area contributed by atoms with E-state index in [1.54, 1.807) is 12.4 Å². The van der Waals surface area contributed by atoms with Crippen molar-refractivity contribution in [3.05, 3.63) is 12.4 Å². The summed E-state index contributed by atoms with van der Waals surface area (Å²) in [6, 6.07) is -0.0738. The topological polar surface area (TPSA) is 56.6 Å². The zero-order chi connectivity index (χ0) is 15.3. The van der Waals surface area contributed by atoms with Gasteiger partial charge >= 0.3 is 13.1 Å². The van der Waals surface area contributed by atoms with Gasteiger partial charge in [0.15, 0.2) is 0 Å². The molecule has 0 radical (unpaired) electrons. The van der Waals surface area contributed by atoms with Crippen LogP contribution in [0.5, 0.6) is 0 Å². The number of carbonyl (C=O) groups excluding carboxylic acids is 1. The molecule has 1 amide bonds. The molecule has 3 rings (SSSR count). The molecule has 21 heavy (non-hydrogen) atoms. The first-order valence-corrected chi connectivity index (χ1v) is 7.50. The highest BCUT2D eigenvalue weighted by atomic mass is 16.7. The van der Waals surface area contributed by atoms with Crippen LogP contribution in [-0.4, -0.2) is 52.1 Å². The maximum absolute atomic E-state index is 12.3. The summed E-state index contributed by atoms with van der Waals surface area (Å²) < 4.78 is 13.3. The number of likely N-dealkylation sites (tertiary alicyclic amines) is 1. The van der Waals surface area contributed by atoms with Gasteiger partial charge in [0.1, 0.15) is 0 Å². The van der Waals surface area contributed by atoms with E-state index in [-0.39, 0.29) is 6.03 Å². The van der Waals surface area contributed by atoms with E-state index in [1.807, 2.05) is 32.6 Å². The van der Waals surface area contributed by atoms with E-state index in [4.69, 9.17) is 9.31 Å². The van der Waals surface area contributed by atoms with E-state index < -0.39 is 18.3 Å². The fourth-order valence-electron chi connectivity index (χ4n) is 2.60. The number of aromatic nitrogens is 2. The number of carbonyl (C=O) groups is 1. The molecule has 2 saturated heterocycles. The van der Waals surface area contributed by atoms with Crippen LogP contribution >= 0.6 is 0 Å². The Hall–Kier alpha value is -1.34. The van der Waals surface area contributed by atoms with Crippen LogP contribution in [0, 0.1) is 0 Å². The monoisotopic (exact) mass is 291 g/mol. The van der Waals surface area contributed by atoms with Gasteiger partial charge in [-0.05, 0) is 40.5 Å². The molecule has 6 nitrogen and oxygen atoms in total. The smallest absolute Gasteiger partial charge is 0.399 e. The molecule has 0 atom stereocenters. The summed E-state index contributed by atoms with van der Waals surface area (Å²) in [6.45, 7) is 9.65. The highest BCUT2D eigenvalue weighted by Crippen LogP contribution is 2.36. The van der Waals surface area contributed by atoms with E-state index in [9.17, 15) is 4.79 Å². The van der Waals surface area contributed by atoms with Crippen LogP contribution in [0.4, 0.5) is 4.79 Å². The van der Waals surface area contributed by atoms with Gasteiger partial charge < -0.3 is 14.2 Å². The Balaban J connectivity index is 1.75. The van der Waals surface area contributed by atoms with Gasteiger partial charge in [-0.25, -0.2) is 4.79 Å². The number of nitrogens with zero attached hydrogens (tertiary/aromatic N) is 3. The molecular weight excluding hydrogens is 269 g/mol. The van der Waals surface area contributed by atoms with Crippen LogP contribution in [0.3, 0.4) is 0 Å². The first-order chi connectivity index (χ1) is 9.80. The van der Waals surface area contributed by atoms with E-state index in [0.717, 1.165) is 31.4 Å². The molecule has 0 aromatic carbocycles. The summed E-state index contributed by atoms with van der Waals surface area (Å²) in [7, 11) is -0.477. The average molecular weight is 291 g/mol. The molecule has 0 unspecified atom stereocenters. The Morgan fingerprint density at radius 2 is 1.76 bits per heavy atom. The van der Waals surface area contributed by atoms with E-state index in [2.05, 4.69) is 5.10 Å². The Bertz CT molecular complexity index is 533. The fraction of sp³-hybridized carbons (Fsp3) is 0.714. The van der Waals surface area contributed by atoms with E-state index in [0.29, 0.717) is 0 Å². The molecule has 0 bridgehead atoms. The summed E-state index contributed by atoms with van der Waals surface area (Å²) in [5, 5.41) is 4.17. The molecule has 7 heteroatoms. The van der Waals surface area contributed by atoms with Gasteiger partial charge in [-0.1, -0.05) is 0 Å². The van der Waals surface area contributed by atoms with Crippen LogP contribution in [0.1, 0.15) is 40.5 Å². The third-order valence-corrected chi connectivity index (χ3v) is 4.70. The van der Waals surface area contributed by atoms with E-state index in [1.165, 1.54) is 4.68 Å². The minimum absolute atomic E-state index is 0.0738. The van der Waals surface area contributed by atoms with Crippen molar-refractivity contribution in [2.75, 3.05) is 13.1 Å². The quantitative estimate of drug-likeness (QED) is 0.731. The minimum atomic E-state index is -0.477. The lowest BCUT2D eigenvalue weighted by Crippen LogP contribution is -2.41. The van der Waals surface area contributed by atoms with Gasteiger partial charge in [0.25, 0.3) is 0 Å². The SMILES string of the molecule is CC1(C)OB(c2cnn(C(=O)N3CCCC3)c2)OC1(C)C. The number of rotatable bonds is 1. The summed E-state index contributed by atoms with van der Waals surface area (Å²) in [5.74, 6) is 0. The van der Waals surface area contributed by atoms with Gasteiger partial charge in [0.2, 0.25) is 0 Å². The predicted molar refractivity (Wildman–Crippen MR) is 79.5 cm³/mol. The van der Waals surface area contributed by atoms with Crippen molar-refractivity contribution in [1.29, 1.82) is 0 Å². The maximum Gasteiger partial charge on any atom is 0.498 e. The second kappa shape index (κ2) is 4.85. The molecule has 1 aromatic heterocycles. The van der Waals surface area contributed by atoms with Crippen LogP contribution in [0.15, 0.2) is 12.4 Å². The highest BCUT2D eigenvalue weighted by Gasteiger charge is 2.52. The van der Waals surface area contributed by atoms with Gasteiger partial charge in [0.05, 0.1) is 11.2 Å². The molecule has 1 aromatic rings. The average Bonchev–Trinajstić information content (AvgIpc) is 3.10. The van der Waals surface area contributed by atoms with Crippen molar-refractivity contribution >= 4 is 18.6 Å². The molecule has 114 valence electrons. The van der Waals surface area contributed by atoms with Crippen molar-refractivity contribution in [1.82, 2.24) is 14.7 Å². The lowest BCUT2D eigenvalue weighted by molar-refractivity contribution is 0.00578. The van der Waals surface area contributed by atoms with Crippen molar-refractivity contribution in [2.24, 2.45) is 0 Å². The van der Waals surface area contributed by atoms with Gasteiger partial charge in [-0.2, -0.15) is 9.78 Å². The molecule has 2 aliphatic rings. The normalized spacial score (nSPS) is 23.8. The van der Waals surface area contributed by atoms with E-state index >= 15 is 0 Å². The van der Waals surface area contributed by atoms with Crippen LogP contribution in [0.25, 0.3) is 0 Å².